The molecule has 114 valence electrons. The summed E-state index contributed by atoms with van der Waals surface area (Å²) in [6.07, 6.45) is 2.26. The van der Waals surface area contributed by atoms with Crippen LogP contribution in [0.5, 0.6) is 0 Å². The van der Waals surface area contributed by atoms with Gasteiger partial charge in [0.1, 0.15) is 0 Å². The van der Waals surface area contributed by atoms with Crippen molar-refractivity contribution in [3.8, 4) is 0 Å². The summed E-state index contributed by atoms with van der Waals surface area (Å²) in [5.74, 6) is 0.451. The number of hydrogen-bond acceptors (Lipinski definition) is 2. The van der Waals surface area contributed by atoms with Gasteiger partial charge in [0.25, 0.3) is 0 Å². The fourth-order valence-electron chi connectivity index (χ4n) is 3.45. The Balaban J connectivity index is 2.16. The number of benzene rings is 1. The minimum atomic E-state index is -0.382. The number of nitrogens with zero attached hydrogens (tertiary/aromatic N) is 1. The van der Waals surface area contributed by atoms with E-state index in [2.05, 4.69) is 5.32 Å². The Morgan fingerprint density at radius 2 is 2.19 bits per heavy atom. The number of hydrogen-bond donors (Lipinski definition) is 1. The molecular formula is C16H21ClN2O2. The number of likely N-dealkylation sites (N-methyl/N-ethyl adjacent to an activating group) is 1. The Hall–Kier alpha value is -1.26. The van der Waals surface area contributed by atoms with Crippen molar-refractivity contribution in [3.05, 3.63) is 28.8 Å². The molecule has 0 radical (unpaired) electrons. The molecule has 1 heterocycles. The van der Waals surface area contributed by atoms with Gasteiger partial charge in [0, 0.05) is 29.4 Å². The number of anilines is 1. The highest BCUT2D eigenvalue weighted by molar-refractivity contribution is 6.30. The van der Waals surface area contributed by atoms with Gasteiger partial charge in [0.05, 0.1) is 12.1 Å². The Morgan fingerprint density at radius 3 is 2.81 bits per heavy atom. The molecule has 0 aromatic heterocycles. The van der Waals surface area contributed by atoms with Crippen molar-refractivity contribution < 1.29 is 9.53 Å². The number of halogens is 1. The van der Waals surface area contributed by atoms with Crippen molar-refractivity contribution >= 4 is 23.3 Å². The van der Waals surface area contributed by atoms with Gasteiger partial charge < -0.3 is 15.0 Å². The van der Waals surface area contributed by atoms with Crippen LogP contribution in [-0.2, 0) is 10.3 Å². The first kappa shape index (κ1) is 14.7. The molecule has 1 atom stereocenters. The second kappa shape index (κ2) is 5.50. The lowest BCUT2D eigenvalue weighted by Gasteiger charge is -2.48. The first-order valence-corrected chi connectivity index (χ1v) is 7.97. The smallest absolute Gasteiger partial charge is 0.322 e. The zero-order valence-corrected chi connectivity index (χ0v) is 13.2. The minimum Gasteiger partial charge on any atom is -0.379 e. The van der Waals surface area contributed by atoms with E-state index >= 15 is 0 Å². The maximum absolute atomic E-state index is 12.5. The van der Waals surface area contributed by atoms with Crippen LogP contribution in [-0.4, -0.2) is 30.7 Å². The highest BCUT2D eigenvalue weighted by atomic mass is 35.5. The second-order valence-corrected chi connectivity index (χ2v) is 6.14. The maximum atomic E-state index is 12.5. The van der Waals surface area contributed by atoms with Crippen LogP contribution in [0.25, 0.3) is 0 Å². The summed E-state index contributed by atoms with van der Waals surface area (Å²) in [5.41, 5.74) is 1.57. The number of amides is 2. The summed E-state index contributed by atoms with van der Waals surface area (Å²) in [6, 6.07) is 5.65. The van der Waals surface area contributed by atoms with Gasteiger partial charge in [0.2, 0.25) is 0 Å². The molecular weight excluding hydrogens is 288 g/mol. The van der Waals surface area contributed by atoms with Crippen LogP contribution in [0.1, 0.15) is 32.3 Å². The maximum Gasteiger partial charge on any atom is 0.322 e. The zero-order chi connectivity index (χ0) is 15.0. The number of ether oxygens (including phenoxy) is 1. The molecule has 0 bridgehead atoms. The van der Waals surface area contributed by atoms with Crippen LogP contribution in [0.3, 0.4) is 0 Å². The second-order valence-electron chi connectivity index (χ2n) is 5.70. The van der Waals surface area contributed by atoms with Gasteiger partial charge in [-0.1, -0.05) is 11.6 Å². The molecule has 2 amide bonds. The average Bonchev–Trinajstić information content (AvgIpc) is 3.30. The molecule has 5 heteroatoms. The largest absolute Gasteiger partial charge is 0.379 e. The molecule has 1 aliphatic heterocycles. The minimum absolute atomic E-state index is 0.0427. The molecule has 1 aromatic carbocycles. The summed E-state index contributed by atoms with van der Waals surface area (Å²) >= 11 is 6.22. The fraction of sp³-hybridized carbons (Fsp3) is 0.562. The van der Waals surface area contributed by atoms with Gasteiger partial charge in [-0.15, -0.1) is 0 Å². The monoisotopic (exact) mass is 308 g/mol. The van der Waals surface area contributed by atoms with E-state index < -0.39 is 0 Å². The van der Waals surface area contributed by atoms with Gasteiger partial charge in [-0.05, 0) is 50.8 Å². The number of rotatable bonds is 5. The molecule has 1 N–H and O–H groups in total. The predicted molar refractivity (Wildman–Crippen MR) is 83.7 cm³/mol. The average molecular weight is 309 g/mol. The van der Waals surface area contributed by atoms with Crippen molar-refractivity contribution in [3.63, 3.8) is 0 Å². The highest BCUT2D eigenvalue weighted by Gasteiger charge is 2.55. The van der Waals surface area contributed by atoms with E-state index in [-0.39, 0.29) is 11.6 Å². The van der Waals surface area contributed by atoms with Gasteiger partial charge >= 0.3 is 6.03 Å². The Labute approximate surface area is 130 Å². The van der Waals surface area contributed by atoms with Crippen LogP contribution in [0, 0.1) is 5.92 Å². The Bertz CT molecular complexity index is 559. The summed E-state index contributed by atoms with van der Waals surface area (Å²) in [4.78, 5) is 14.4. The summed E-state index contributed by atoms with van der Waals surface area (Å²) in [7, 11) is 0. The van der Waals surface area contributed by atoms with Crippen molar-refractivity contribution in [1.29, 1.82) is 0 Å². The number of carbonyl (C=O) groups excluding carboxylic acids is 1. The molecule has 4 nitrogen and oxygen atoms in total. The topological polar surface area (TPSA) is 41.6 Å². The number of nitrogens with one attached hydrogen (secondary N) is 1. The third-order valence-electron chi connectivity index (χ3n) is 4.51. The standard InChI is InChI=1S/C16H21ClN2O2/c1-3-19-15(20)18-14-8-7-12(17)9-13(14)16(19,10-21-4-2)11-5-6-11/h7-9,11H,3-6,10H2,1-2H3,(H,18,20). The summed E-state index contributed by atoms with van der Waals surface area (Å²) in [6.45, 7) is 5.82. The van der Waals surface area contributed by atoms with E-state index in [0.29, 0.717) is 30.7 Å². The van der Waals surface area contributed by atoms with Crippen molar-refractivity contribution in [2.24, 2.45) is 5.92 Å². The van der Waals surface area contributed by atoms with Gasteiger partial charge in [-0.2, -0.15) is 0 Å². The van der Waals surface area contributed by atoms with Crippen LogP contribution < -0.4 is 5.32 Å². The van der Waals surface area contributed by atoms with E-state index in [9.17, 15) is 4.79 Å². The molecule has 2 aliphatic rings. The first-order valence-electron chi connectivity index (χ1n) is 7.59. The molecule has 0 spiro atoms. The lowest BCUT2D eigenvalue weighted by atomic mass is 9.81. The molecule has 1 unspecified atom stereocenters. The summed E-state index contributed by atoms with van der Waals surface area (Å²) < 4.78 is 5.79. The Morgan fingerprint density at radius 1 is 1.43 bits per heavy atom. The molecule has 1 aromatic rings. The predicted octanol–water partition coefficient (Wildman–Crippen LogP) is 3.85. The third-order valence-corrected chi connectivity index (χ3v) is 4.75. The van der Waals surface area contributed by atoms with E-state index in [1.54, 1.807) is 0 Å². The molecule has 1 fully saturated rings. The normalized spacial score (nSPS) is 24.7. The first-order chi connectivity index (χ1) is 10.1. The lowest BCUT2D eigenvalue weighted by molar-refractivity contribution is 0.000991. The van der Waals surface area contributed by atoms with Gasteiger partial charge in [-0.25, -0.2) is 4.79 Å². The van der Waals surface area contributed by atoms with Gasteiger partial charge in [-0.3, -0.25) is 0 Å². The molecule has 0 saturated heterocycles. The summed E-state index contributed by atoms with van der Waals surface area (Å²) in [5, 5.41) is 3.67. The van der Waals surface area contributed by atoms with E-state index in [0.717, 1.165) is 24.1 Å². The van der Waals surface area contributed by atoms with Crippen LogP contribution in [0.2, 0.25) is 5.02 Å². The van der Waals surface area contributed by atoms with Crippen molar-refractivity contribution in [2.45, 2.75) is 32.2 Å². The van der Waals surface area contributed by atoms with Crippen LogP contribution in [0.15, 0.2) is 18.2 Å². The quantitative estimate of drug-likeness (QED) is 0.897. The van der Waals surface area contributed by atoms with Crippen LogP contribution >= 0.6 is 11.6 Å². The highest BCUT2D eigenvalue weighted by Crippen LogP contribution is 2.53. The fourth-order valence-corrected chi connectivity index (χ4v) is 3.62. The molecule has 1 saturated carbocycles. The van der Waals surface area contributed by atoms with E-state index in [4.69, 9.17) is 16.3 Å². The molecule has 3 rings (SSSR count). The number of urea groups is 1. The third kappa shape index (κ3) is 2.30. The van der Waals surface area contributed by atoms with E-state index in [1.165, 1.54) is 0 Å². The van der Waals surface area contributed by atoms with Crippen molar-refractivity contribution in [1.82, 2.24) is 4.90 Å². The van der Waals surface area contributed by atoms with E-state index in [1.807, 2.05) is 36.9 Å². The van der Waals surface area contributed by atoms with Crippen molar-refractivity contribution in [2.75, 3.05) is 25.1 Å². The zero-order valence-electron chi connectivity index (χ0n) is 12.5. The SMILES string of the molecule is CCOCC1(C2CC2)c2cc(Cl)ccc2NC(=O)N1CC. The molecule has 1 aliphatic carbocycles. The van der Waals surface area contributed by atoms with Crippen LogP contribution in [0.4, 0.5) is 10.5 Å². The number of carbonyl (C=O) groups is 1. The molecule has 21 heavy (non-hydrogen) atoms. The number of fused-ring (bicyclic) bond motifs is 1. The Kier molecular flexibility index (Phi) is 3.84. The van der Waals surface area contributed by atoms with Gasteiger partial charge in [0.15, 0.2) is 0 Å². The lowest BCUT2D eigenvalue weighted by Crippen LogP contribution is -2.58.